The topological polar surface area (TPSA) is 24.9 Å². The number of rotatable bonds is 2. The minimum Gasteiger partial charge on any atom is -0.338 e. The van der Waals surface area contributed by atoms with Crippen molar-refractivity contribution >= 4 is 55.0 Å². The van der Waals surface area contributed by atoms with Crippen molar-refractivity contribution in [3.05, 3.63) is 50.0 Å². The van der Waals surface area contributed by atoms with Crippen LogP contribution >= 0.6 is 43.5 Å². The molecule has 1 aromatic heterocycles. The van der Waals surface area contributed by atoms with E-state index in [0.717, 1.165) is 26.0 Å². The molecule has 1 N–H and O–H groups in total. The van der Waals surface area contributed by atoms with E-state index in [9.17, 15) is 0 Å². The Balaban J connectivity index is 2.38. The van der Waals surface area contributed by atoms with Crippen LogP contribution in [0.25, 0.3) is 0 Å². The Morgan fingerprint density at radius 2 is 2.00 bits per heavy atom. The summed E-state index contributed by atoms with van der Waals surface area (Å²) in [6.45, 7) is 2.01. The number of halogens is 3. The van der Waals surface area contributed by atoms with Gasteiger partial charge in [0.05, 0.1) is 15.2 Å². The van der Waals surface area contributed by atoms with E-state index in [0.29, 0.717) is 5.02 Å². The van der Waals surface area contributed by atoms with Gasteiger partial charge < -0.3 is 5.32 Å². The van der Waals surface area contributed by atoms with Crippen LogP contribution in [0.4, 0.5) is 11.5 Å². The summed E-state index contributed by atoms with van der Waals surface area (Å²) in [5.74, 6) is 0.755. The summed E-state index contributed by atoms with van der Waals surface area (Å²) < 4.78 is 1.91. The number of aromatic nitrogens is 1. The van der Waals surface area contributed by atoms with E-state index in [-0.39, 0.29) is 0 Å². The van der Waals surface area contributed by atoms with E-state index in [1.54, 1.807) is 6.20 Å². The second-order valence-electron chi connectivity index (χ2n) is 3.54. The first kappa shape index (κ1) is 12.9. The van der Waals surface area contributed by atoms with Gasteiger partial charge in [0, 0.05) is 10.7 Å². The molecule has 0 spiro atoms. The van der Waals surface area contributed by atoms with Gasteiger partial charge in [-0.1, -0.05) is 27.5 Å². The van der Waals surface area contributed by atoms with Crippen LogP contribution in [0.1, 0.15) is 5.56 Å². The van der Waals surface area contributed by atoms with E-state index in [1.807, 2.05) is 31.2 Å². The minimum absolute atomic E-state index is 0.656. The van der Waals surface area contributed by atoms with Crippen LogP contribution in [0.15, 0.2) is 39.4 Å². The molecule has 0 unspecified atom stereocenters. The Bertz CT molecular complexity index is 558. The van der Waals surface area contributed by atoms with Gasteiger partial charge in [0.1, 0.15) is 5.82 Å². The molecule has 0 bridgehead atoms. The van der Waals surface area contributed by atoms with Crippen molar-refractivity contribution in [1.29, 1.82) is 0 Å². The highest BCUT2D eigenvalue weighted by molar-refractivity contribution is 9.11. The number of hydrogen-bond acceptors (Lipinski definition) is 2. The first-order valence-electron chi connectivity index (χ1n) is 4.91. The Morgan fingerprint density at radius 1 is 1.24 bits per heavy atom. The zero-order chi connectivity index (χ0) is 12.4. The maximum Gasteiger partial charge on any atom is 0.144 e. The summed E-state index contributed by atoms with van der Waals surface area (Å²) in [6.07, 6.45) is 1.76. The molecule has 0 aliphatic carbocycles. The Hall–Kier alpha value is -0.580. The van der Waals surface area contributed by atoms with Crippen molar-refractivity contribution in [2.75, 3.05) is 5.32 Å². The lowest BCUT2D eigenvalue weighted by atomic mass is 10.3. The predicted octanol–water partition coefficient (Wildman–Crippen LogP) is 5.31. The molecule has 0 aliphatic rings. The number of anilines is 2. The predicted molar refractivity (Wildman–Crippen MR) is 79.1 cm³/mol. The molecule has 0 amide bonds. The molecule has 0 saturated heterocycles. The molecule has 0 radical (unpaired) electrons. The molecule has 1 aromatic carbocycles. The Kier molecular flexibility index (Phi) is 4.07. The second-order valence-corrected chi connectivity index (χ2v) is 5.66. The average molecular weight is 376 g/mol. The van der Waals surface area contributed by atoms with Gasteiger partial charge in [-0.15, -0.1) is 0 Å². The summed E-state index contributed by atoms with van der Waals surface area (Å²) in [7, 11) is 0. The molecule has 0 saturated carbocycles. The number of hydrogen-bond donors (Lipinski definition) is 1. The molecule has 2 aromatic rings. The van der Waals surface area contributed by atoms with E-state index in [2.05, 4.69) is 42.2 Å². The Morgan fingerprint density at radius 3 is 2.76 bits per heavy atom. The molecule has 2 rings (SSSR count). The molecule has 88 valence electrons. The van der Waals surface area contributed by atoms with Crippen molar-refractivity contribution in [3.63, 3.8) is 0 Å². The van der Waals surface area contributed by atoms with Crippen LogP contribution in [-0.2, 0) is 0 Å². The van der Waals surface area contributed by atoms with Gasteiger partial charge in [0.15, 0.2) is 0 Å². The third-order valence-electron chi connectivity index (χ3n) is 2.26. The number of nitrogens with one attached hydrogen (secondary N) is 1. The van der Waals surface area contributed by atoms with Crippen LogP contribution in [0.5, 0.6) is 0 Å². The maximum absolute atomic E-state index is 6.11. The normalized spacial score (nSPS) is 10.4. The fourth-order valence-corrected chi connectivity index (χ4v) is 2.21. The summed E-state index contributed by atoms with van der Waals surface area (Å²) in [5.41, 5.74) is 1.94. The molecular formula is C12H9Br2ClN2. The molecular weight excluding hydrogens is 367 g/mol. The van der Waals surface area contributed by atoms with Gasteiger partial charge in [-0.3, -0.25) is 0 Å². The third kappa shape index (κ3) is 3.00. The molecule has 0 atom stereocenters. The third-order valence-corrected chi connectivity index (χ3v) is 4.09. The van der Waals surface area contributed by atoms with E-state index >= 15 is 0 Å². The number of aryl methyl sites for hydroxylation is 1. The molecule has 0 aliphatic heterocycles. The molecule has 2 nitrogen and oxygen atoms in total. The van der Waals surface area contributed by atoms with E-state index < -0.39 is 0 Å². The number of nitrogens with zero attached hydrogens (tertiary/aromatic N) is 1. The van der Waals surface area contributed by atoms with Gasteiger partial charge in [0.25, 0.3) is 0 Å². The van der Waals surface area contributed by atoms with Gasteiger partial charge in [-0.05, 0) is 52.7 Å². The summed E-state index contributed by atoms with van der Waals surface area (Å²) >= 11 is 13.0. The molecule has 5 heteroatoms. The number of benzene rings is 1. The second kappa shape index (κ2) is 5.38. The Labute approximate surface area is 122 Å². The highest BCUT2D eigenvalue weighted by Crippen LogP contribution is 2.31. The highest BCUT2D eigenvalue weighted by atomic mass is 79.9. The molecule has 1 heterocycles. The van der Waals surface area contributed by atoms with Gasteiger partial charge >= 0.3 is 0 Å². The van der Waals surface area contributed by atoms with Crippen molar-refractivity contribution in [2.24, 2.45) is 0 Å². The van der Waals surface area contributed by atoms with Crippen LogP contribution in [0.2, 0.25) is 5.02 Å². The first-order chi connectivity index (χ1) is 8.08. The first-order valence-corrected chi connectivity index (χ1v) is 6.87. The van der Waals surface area contributed by atoms with Crippen molar-refractivity contribution in [3.8, 4) is 0 Å². The zero-order valence-electron chi connectivity index (χ0n) is 8.97. The van der Waals surface area contributed by atoms with Crippen LogP contribution in [0.3, 0.4) is 0 Å². The van der Waals surface area contributed by atoms with E-state index in [1.165, 1.54) is 0 Å². The highest BCUT2D eigenvalue weighted by Gasteiger charge is 2.07. The van der Waals surface area contributed by atoms with Crippen molar-refractivity contribution < 1.29 is 0 Å². The monoisotopic (exact) mass is 374 g/mol. The fourth-order valence-electron chi connectivity index (χ4n) is 1.35. The summed E-state index contributed by atoms with van der Waals surface area (Å²) in [6, 6.07) is 7.58. The van der Waals surface area contributed by atoms with Crippen molar-refractivity contribution in [1.82, 2.24) is 4.98 Å². The average Bonchev–Trinajstić information content (AvgIpc) is 2.30. The lowest BCUT2D eigenvalue weighted by Crippen LogP contribution is -1.96. The zero-order valence-corrected chi connectivity index (χ0v) is 12.9. The SMILES string of the molecule is Cc1ccnc(Nc2cc(Br)ccc2Cl)c1Br. The summed E-state index contributed by atoms with van der Waals surface area (Å²) in [4.78, 5) is 4.27. The van der Waals surface area contributed by atoms with Crippen LogP contribution in [0, 0.1) is 6.92 Å². The maximum atomic E-state index is 6.11. The van der Waals surface area contributed by atoms with Gasteiger partial charge in [-0.25, -0.2) is 4.98 Å². The van der Waals surface area contributed by atoms with Gasteiger partial charge in [-0.2, -0.15) is 0 Å². The van der Waals surface area contributed by atoms with E-state index in [4.69, 9.17) is 11.6 Å². The lowest BCUT2D eigenvalue weighted by molar-refractivity contribution is 1.25. The van der Waals surface area contributed by atoms with Crippen molar-refractivity contribution in [2.45, 2.75) is 6.92 Å². The lowest BCUT2D eigenvalue weighted by Gasteiger charge is -2.10. The van der Waals surface area contributed by atoms with Gasteiger partial charge in [0.2, 0.25) is 0 Å². The minimum atomic E-state index is 0.656. The largest absolute Gasteiger partial charge is 0.338 e. The fraction of sp³-hybridized carbons (Fsp3) is 0.0833. The summed E-state index contributed by atoms with van der Waals surface area (Å²) in [5, 5.41) is 3.86. The standard InChI is InChI=1S/C12H9Br2ClN2/c1-7-4-5-16-12(11(7)14)17-10-6-8(13)2-3-9(10)15/h2-6H,1H3,(H,16,17). The smallest absolute Gasteiger partial charge is 0.144 e. The van der Waals surface area contributed by atoms with Crippen LogP contribution in [-0.4, -0.2) is 4.98 Å². The molecule has 17 heavy (non-hydrogen) atoms. The van der Waals surface area contributed by atoms with Crippen LogP contribution < -0.4 is 5.32 Å². The quantitative estimate of drug-likeness (QED) is 0.768. The number of pyridine rings is 1. The molecule has 0 fully saturated rings.